The van der Waals surface area contributed by atoms with Crippen LogP contribution in [0.4, 0.5) is 0 Å². The molecule has 2 aromatic rings. The number of thioether (sulfide) groups is 1. The number of nitrogens with zero attached hydrogens (tertiary/aromatic N) is 2. The summed E-state index contributed by atoms with van der Waals surface area (Å²) in [7, 11) is 1.70. The molecule has 3 rings (SSSR count). The van der Waals surface area contributed by atoms with Crippen molar-refractivity contribution in [1.82, 2.24) is 14.9 Å². The maximum Gasteiger partial charge on any atom is 0.233 e. The van der Waals surface area contributed by atoms with Crippen molar-refractivity contribution in [1.29, 1.82) is 0 Å². The fourth-order valence-corrected chi connectivity index (χ4v) is 4.54. The Labute approximate surface area is 159 Å². The van der Waals surface area contributed by atoms with Gasteiger partial charge in [0.05, 0.1) is 22.9 Å². The summed E-state index contributed by atoms with van der Waals surface area (Å²) in [5, 5.41) is 3.96. The molecule has 0 radical (unpaired) electrons. The highest BCUT2D eigenvalue weighted by molar-refractivity contribution is 8.00. The first-order chi connectivity index (χ1) is 12.6. The molecule has 3 atom stereocenters. The number of hydrogen-bond acceptors (Lipinski definition) is 4. The number of aromatic nitrogens is 2. The number of methoxy groups -OCH3 is 1. The number of ether oxygens (including phenoxy) is 1. The number of para-hydroxylation sites is 2. The van der Waals surface area contributed by atoms with Gasteiger partial charge in [-0.1, -0.05) is 43.7 Å². The molecule has 1 aromatic carbocycles. The van der Waals surface area contributed by atoms with E-state index in [0.717, 1.165) is 29.2 Å². The largest absolute Gasteiger partial charge is 0.383 e. The lowest BCUT2D eigenvalue weighted by atomic mass is 9.86. The number of imidazole rings is 1. The lowest BCUT2D eigenvalue weighted by molar-refractivity contribution is -0.121. The van der Waals surface area contributed by atoms with Gasteiger partial charge in [0.1, 0.15) is 0 Å². The number of carbonyl (C=O) groups excluding carboxylic acids is 1. The maximum absolute atomic E-state index is 12.7. The molecule has 6 heteroatoms. The Kier molecular flexibility index (Phi) is 6.59. The molecule has 1 aromatic heterocycles. The van der Waals surface area contributed by atoms with E-state index < -0.39 is 0 Å². The molecule has 26 heavy (non-hydrogen) atoms. The first kappa shape index (κ1) is 19.2. The Balaban J connectivity index is 1.71. The van der Waals surface area contributed by atoms with Crippen LogP contribution in [0.1, 0.15) is 39.5 Å². The van der Waals surface area contributed by atoms with Gasteiger partial charge in [-0.05, 0) is 37.8 Å². The van der Waals surface area contributed by atoms with Crippen LogP contribution in [-0.2, 0) is 16.1 Å². The summed E-state index contributed by atoms with van der Waals surface area (Å²) in [4.78, 5) is 17.4. The first-order valence-corrected chi connectivity index (χ1v) is 10.4. The predicted molar refractivity (Wildman–Crippen MR) is 106 cm³/mol. The van der Waals surface area contributed by atoms with Gasteiger partial charge in [-0.2, -0.15) is 0 Å². The van der Waals surface area contributed by atoms with E-state index in [9.17, 15) is 4.79 Å². The molecule has 1 heterocycles. The highest BCUT2D eigenvalue weighted by Crippen LogP contribution is 2.28. The van der Waals surface area contributed by atoms with Crippen LogP contribution in [0.15, 0.2) is 29.4 Å². The lowest BCUT2D eigenvalue weighted by Gasteiger charge is -2.30. The van der Waals surface area contributed by atoms with Gasteiger partial charge in [-0.25, -0.2) is 4.98 Å². The van der Waals surface area contributed by atoms with Crippen LogP contribution < -0.4 is 5.32 Å². The standard InChI is InChI=1S/C20H29N3O2S/c1-14-8-4-5-9-16(14)21-19(24)15(2)26-20-22-17-10-6-7-11-18(17)23(20)12-13-25-3/h6-7,10-11,14-16H,4-5,8-9,12-13H2,1-3H3,(H,21,24). The van der Waals surface area contributed by atoms with E-state index >= 15 is 0 Å². The molecule has 5 nitrogen and oxygen atoms in total. The number of fused-ring (bicyclic) bond motifs is 1. The fraction of sp³-hybridized carbons (Fsp3) is 0.600. The van der Waals surface area contributed by atoms with E-state index in [4.69, 9.17) is 9.72 Å². The van der Waals surface area contributed by atoms with Crippen molar-refractivity contribution in [3.8, 4) is 0 Å². The zero-order chi connectivity index (χ0) is 18.5. The minimum Gasteiger partial charge on any atom is -0.383 e. The molecule has 1 saturated carbocycles. The van der Waals surface area contributed by atoms with E-state index in [1.165, 1.54) is 31.0 Å². The second-order valence-corrected chi connectivity index (χ2v) is 8.47. The number of hydrogen-bond donors (Lipinski definition) is 1. The van der Waals surface area contributed by atoms with Crippen molar-refractivity contribution in [2.45, 2.75) is 62.5 Å². The second-order valence-electron chi connectivity index (χ2n) is 7.16. The molecule has 1 N–H and O–H groups in total. The molecule has 1 aliphatic carbocycles. The van der Waals surface area contributed by atoms with Gasteiger partial charge in [0, 0.05) is 19.7 Å². The average Bonchev–Trinajstić information content (AvgIpc) is 2.98. The molecule has 3 unspecified atom stereocenters. The summed E-state index contributed by atoms with van der Waals surface area (Å²) < 4.78 is 7.40. The highest BCUT2D eigenvalue weighted by atomic mass is 32.2. The second kappa shape index (κ2) is 8.91. The summed E-state index contributed by atoms with van der Waals surface area (Å²) in [6.45, 7) is 5.56. The molecule has 0 bridgehead atoms. The van der Waals surface area contributed by atoms with Crippen LogP contribution in [-0.4, -0.2) is 40.5 Å². The van der Waals surface area contributed by atoms with Crippen molar-refractivity contribution in [2.75, 3.05) is 13.7 Å². The van der Waals surface area contributed by atoms with Gasteiger partial charge in [0.2, 0.25) is 5.91 Å². The molecule has 0 aliphatic heterocycles. The van der Waals surface area contributed by atoms with Crippen molar-refractivity contribution < 1.29 is 9.53 Å². The normalized spacial score (nSPS) is 21.7. The van der Waals surface area contributed by atoms with E-state index in [2.05, 4.69) is 22.9 Å². The third-order valence-electron chi connectivity index (χ3n) is 5.23. The quantitative estimate of drug-likeness (QED) is 0.747. The smallest absolute Gasteiger partial charge is 0.233 e. The average molecular weight is 376 g/mol. The van der Waals surface area contributed by atoms with E-state index in [-0.39, 0.29) is 11.2 Å². The van der Waals surface area contributed by atoms with Crippen LogP contribution in [0.5, 0.6) is 0 Å². The zero-order valence-electron chi connectivity index (χ0n) is 15.9. The first-order valence-electron chi connectivity index (χ1n) is 9.51. The zero-order valence-corrected chi connectivity index (χ0v) is 16.7. The van der Waals surface area contributed by atoms with Crippen molar-refractivity contribution in [3.63, 3.8) is 0 Å². The van der Waals surface area contributed by atoms with E-state index in [0.29, 0.717) is 18.6 Å². The SMILES string of the molecule is COCCn1c(SC(C)C(=O)NC2CCCCC2C)nc2ccccc21. The Bertz CT molecular complexity index is 746. The van der Waals surface area contributed by atoms with Crippen LogP contribution in [0.3, 0.4) is 0 Å². The van der Waals surface area contributed by atoms with E-state index in [1.54, 1.807) is 7.11 Å². The maximum atomic E-state index is 12.7. The van der Waals surface area contributed by atoms with Crippen LogP contribution in [0.25, 0.3) is 11.0 Å². The van der Waals surface area contributed by atoms with Crippen LogP contribution in [0.2, 0.25) is 0 Å². The predicted octanol–water partition coefficient (Wildman–Crippen LogP) is 3.86. The third-order valence-corrected chi connectivity index (χ3v) is 6.32. The minimum absolute atomic E-state index is 0.110. The molecule has 0 spiro atoms. The number of carbonyl (C=O) groups is 1. The molecule has 1 amide bonds. The Morgan fingerprint density at radius 1 is 1.38 bits per heavy atom. The molecule has 0 saturated heterocycles. The highest BCUT2D eigenvalue weighted by Gasteiger charge is 2.26. The topological polar surface area (TPSA) is 56.1 Å². The van der Waals surface area contributed by atoms with Gasteiger partial charge in [0.25, 0.3) is 0 Å². The molecule has 1 aliphatic rings. The number of amides is 1. The van der Waals surface area contributed by atoms with Crippen molar-refractivity contribution >= 4 is 28.7 Å². The minimum atomic E-state index is -0.178. The van der Waals surface area contributed by atoms with Crippen molar-refractivity contribution in [2.24, 2.45) is 5.92 Å². The lowest BCUT2D eigenvalue weighted by Crippen LogP contribution is -2.44. The third kappa shape index (κ3) is 4.41. The molecule has 1 fully saturated rings. The summed E-state index contributed by atoms with van der Waals surface area (Å²) in [5.74, 6) is 0.676. The summed E-state index contributed by atoms with van der Waals surface area (Å²) in [6, 6.07) is 8.40. The summed E-state index contributed by atoms with van der Waals surface area (Å²) in [5.41, 5.74) is 2.04. The van der Waals surface area contributed by atoms with Gasteiger partial charge >= 0.3 is 0 Å². The molecular formula is C20H29N3O2S. The number of rotatable bonds is 7. The Morgan fingerprint density at radius 2 is 2.15 bits per heavy atom. The van der Waals surface area contributed by atoms with Crippen molar-refractivity contribution in [3.05, 3.63) is 24.3 Å². The summed E-state index contributed by atoms with van der Waals surface area (Å²) >= 11 is 1.53. The van der Waals surface area contributed by atoms with Crippen LogP contribution in [0, 0.1) is 5.92 Å². The van der Waals surface area contributed by atoms with Crippen LogP contribution >= 0.6 is 11.8 Å². The summed E-state index contributed by atoms with van der Waals surface area (Å²) in [6.07, 6.45) is 4.79. The monoisotopic (exact) mass is 375 g/mol. The van der Waals surface area contributed by atoms with Gasteiger partial charge in [0.15, 0.2) is 5.16 Å². The number of benzene rings is 1. The fourth-order valence-electron chi connectivity index (χ4n) is 3.58. The van der Waals surface area contributed by atoms with Gasteiger partial charge < -0.3 is 14.6 Å². The number of nitrogens with one attached hydrogen (secondary N) is 1. The Morgan fingerprint density at radius 3 is 2.92 bits per heavy atom. The van der Waals surface area contributed by atoms with E-state index in [1.807, 2.05) is 25.1 Å². The Hall–Kier alpha value is -1.53. The van der Waals surface area contributed by atoms with Gasteiger partial charge in [-0.15, -0.1) is 0 Å². The molecular weight excluding hydrogens is 346 g/mol. The molecule has 142 valence electrons. The van der Waals surface area contributed by atoms with Gasteiger partial charge in [-0.3, -0.25) is 4.79 Å².